The molecule has 1 amide bonds. The highest BCUT2D eigenvalue weighted by molar-refractivity contribution is 6.51. The molecule has 1 saturated heterocycles. The number of amides is 1. The van der Waals surface area contributed by atoms with Gasteiger partial charge in [-0.1, -0.05) is 36.4 Å². The van der Waals surface area contributed by atoms with E-state index in [2.05, 4.69) is 0 Å². The van der Waals surface area contributed by atoms with Crippen LogP contribution in [-0.4, -0.2) is 38.1 Å². The Bertz CT molecular complexity index is 1230. The molecule has 7 heteroatoms. The quantitative estimate of drug-likeness (QED) is 0.345. The van der Waals surface area contributed by atoms with Crippen LogP contribution in [0.2, 0.25) is 0 Å². The number of rotatable bonds is 6. The van der Waals surface area contributed by atoms with E-state index in [-0.39, 0.29) is 11.3 Å². The first-order valence-electron chi connectivity index (χ1n) is 10.2. The Labute approximate surface area is 191 Å². The van der Waals surface area contributed by atoms with Gasteiger partial charge in [0.1, 0.15) is 23.0 Å². The molecule has 0 saturated carbocycles. The molecule has 7 nitrogen and oxygen atoms in total. The maximum absolute atomic E-state index is 13.3. The minimum atomic E-state index is -0.932. The van der Waals surface area contributed by atoms with Gasteiger partial charge in [0, 0.05) is 28.9 Å². The molecule has 0 bridgehead atoms. The summed E-state index contributed by atoms with van der Waals surface area (Å²) in [5, 5.41) is 11.2. The summed E-state index contributed by atoms with van der Waals surface area (Å²) in [6.45, 7) is 0. The molecule has 0 spiro atoms. The Morgan fingerprint density at radius 1 is 0.818 bits per heavy atom. The summed E-state index contributed by atoms with van der Waals surface area (Å²) < 4.78 is 16.2. The lowest BCUT2D eigenvalue weighted by Gasteiger charge is -2.27. The normalized spacial score (nSPS) is 17.2. The van der Waals surface area contributed by atoms with Crippen molar-refractivity contribution in [2.45, 2.75) is 6.04 Å². The molecule has 0 aliphatic carbocycles. The average Bonchev–Trinajstić information content (AvgIpc) is 3.13. The predicted octanol–water partition coefficient (Wildman–Crippen LogP) is 4.34. The van der Waals surface area contributed by atoms with Crippen molar-refractivity contribution in [3.05, 3.63) is 89.5 Å². The summed E-state index contributed by atoms with van der Waals surface area (Å²) in [5.41, 5.74) is 1.38. The number of methoxy groups -OCH3 is 3. The highest BCUT2D eigenvalue weighted by atomic mass is 16.5. The van der Waals surface area contributed by atoms with E-state index in [4.69, 9.17) is 14.2 Å². The van der Waals surface area contributed by atoms with Gasteiger partial charge >= 0.3 is 0 Å². The van der Waals surface area contributed by atoms with Crippen molar-refractivity contribution in [2.24, 2.45) is 0 Å². The summed E-state index contributed by atoms with van der Waals surface area (Å²) >= 11 is 0. The summed E-state index contributed by atoms with van der Waals surface area (Å²) in [6.07, 6.45) is 0. The lowest BCUT2D eigenvalue weighted by Crippen LogP contribution is -2.29. The van der Waals surface area contributed by atoms with Gasteiger partial charge in [-0.05, 0) is 24.3 Å². The van der Waals surface area contributed by atoms with E-state index in [1.165, 1.54) is 26.2 Å². The second-order valence-corrected chi connectivity index (χ2v) is 7.34. The molecule has 1 fully saturated rings. The SMILES string of the molecule is COc1cccc(N2C(=O)C(=O)/C(=C(/O)c3ccccc3)[C@H]2c2ccc(OC)cc2OC)c1. The molecule has 3 aromatic rings. The third-order valence-electron chi connectivity index (χ3n) is 5.56. The molecule has 3 aromatic carbocycles. The number of hydrogen-bond acceptors (Lipinski definition) is 6. The Kier molecular flexibility index (Phi) is 6.04. The number of carbonyl (C=O) groups excluding carboxylic acids is 2. The van der Waals surface area contributed by atoms with Crippen LogP contribution in [-0.2, 0) is 9.59 Å². The molecule has 1 aliphatic heterocycles. The van der Waals surface area contributed by atoms with Crippen LogP contribution in [0.5, 0.6) is 17.2 Å². The zero-order valence-corrected chi connectivity index (χ0v) is 18.4. The first-order valence-corrected chi connectivity index (χ1v) is 10.2. The van der Waals surface area contributed by atoms with Crippen molar-refractivity contribution in [2.75, 3.05) is 26.2 Å². The molecule has 1 heterocycles. The molecule has 0 unspecified atom stereocenters. The van der Waals surface area contributed by atoms with E-state index >= 15 is 0 Å². The molecule has 168 valence electrons. The summed E-state index contributed by atoms with van der Waals surface area (Å²) in [7, 11) is 4.55. The van der Waals surface area contributed by atoms with Gasteiger partial charge in [-0.3, -0.25) is 14.5 Å². The molecule has 1 N–H and O–H groups in total. The minimum absolute atomic E-state index is 0.0301. The number of hydrogen-bond donors (Lipinski definition) is 1. The maximum atomic E-state index is 13.3. The second-order valence-electron chi connectivity index (χ2n) is 7.34. The number of aliphatic hydroxyl groups excluding tert-OH is 1. The van der Waals surface area contributed by atoms with Crippen LogP contribution in [0.15, 0.2) is 78.4 Å². The van der Waals surface area contributed by atoms with E-state index in [0.717, 1.165) is 0 Å². The van der Waals surface area contributed by atoms with Crippen molar-refractivity contribution in [1.82, 2.24) is 0 Å². The van der Waals surface area contributed by atoms with Crippen molar-refractivity contribution >= 4 is 23.1 Å². The van der Waals surface area contributed by atoms with Crippen LogP contribution in [0.25, 0.3) is 5.76 Å². The summed E-state index contributed by atoms with van der Waals surface area (Å²) in [5.74, 6) is -0.323. The highest BCUT2D eigenvalue weighted by Gasteiger charge is 2.48. The minimum Gasteiger partial charge on any atom is -0.507 e. The number of benzene rings is 3. The topological polar surface area (TPSA) is 85.3 Å². The van der Waals surface area contributed by atoms with Gasteiger partial charge < -0.3 is 19.3 Å². The third kappa shape index (κ3) is 3.89. The van der Waals surface area contributed by atoms with Crippen molar-refractivity contribution < 1.29 is 28.9 Å². The number of ketones is 1. The standard InChI is InChI=1S/C26H23NO6/c1-31-18-11-7-10-17(14-18)27-23(20-13-12-19(32-2)15-21(20)33-3)22(25(29)26(27)30)24(28)16-8-5-4-6-9-16/h4-15,23,28H,1-3H3/b24-22+/t23-/m1/s1. The van der Waals surface area contributed by atoms with E-state index in [1.807, 2.05) is 0 Å². The highest BCUT2D eigenvalue weighted by Crippen LogP contribution is 2.46. The van der Waals surface area contributed by atoms with Gasteiger partial charge in [-0.25, -0.2) is 0 Å². The third-order valence-corrected chi connectivity index (χ3v) is 5.56. The van der Waals surface area contributed by atoms with Gasteiger partial charge in [0.25, 0.3) is 11.7 Å². The number of aliphatic hydroxyl groups is 1. The smallest absolute Gasteiger partial charge is 0.300 e. The molecule has 0 radical (unpaired) electrons. The molecule has 33 heavy (non-hydrogen) atoms. The maximum Gasteiger partial charge on any atom is 0.300 e. The van der Waals surface area contributed by atoms with Gasteiger partial charge in [0.2, 0.25) is 0 Å². The molecule has 0 aromatic heterocycles. The Morgan fingerprint density at radius 3 is 2.18 bits per heavy atom. The van der Waals surface area contributed by atoms with Gasteiger partial charge in [-0.15, -0.1) is 0 Å². The van der Waals surface area contributed by atoms with Crippen LogP contribution < -0.4 is 19.1 Å². The number of ether oxygens (including phenoxy) is 3. The van der Waals surface area contributed by atoms with Gasteiger partial charge in [0.05, 0.1) is 32.9 Å². The van der Waals surface area contributed by atoms with E-state index in [1.54, 1.807) is 72.8 Å². The van der Waals surface area contributed by atoms with Crippen molar-refractivity contribution in [3.8, 4) is 17.2 Å². The van der Waals surface area contributed by atoms with Crippen LogP contribution in [0, 0.1) is 0 Å². The lowest BCUT2D eigenvalue weighted by atomic mass is 9.94. The summed E-state index contributed by atoms with van der Waals surface area (Å²) in [6, 6.07) is 19.7. The molecular weight excluding hydrogens is 422 g/mol. The lowest BCUT2D eigenvalue weighted by molar-refractivity contribution is -0.132. The molecule has 1 aliphatic rings. The van der Waals surface area contributed by atoms with Crippen molar-refractivity contribution in [1.29, 1.82) is 0 Å². The zero-order chi connectivity index (χ0) is 23.5. The molecular formula is C26H23NO6. The fourth-order valence-electron chi connectivity index (χ4n) is 3.95. The molecule has 1 atom stereocenters. The van der Waals surface area contributed by atoms with E-state index in [9.17, 15) is 14.7 Å². The van der Waals surface area contributed by atoms with Crippen LogP contribution in [0.3, 0.4) is 0 Å². The first kappa shape index (κ1) is 22.0. The van der Waals surface area contributed by atoms with Crippen molar-refractivity contribution in [3.63, 3.8) is 0 Å². The fourth-order valence-corrected chi connectivity index (χ4v) is 3.95. The van der Waals surface area contributed by atoms with Crippen LogP contribution in [0.4, 0.5) is 5.69 Å². The first-order chi connectivity index (χ1) is 16.0. The Hall–Kier alpha value is -4.26. The Morgan fingerprint density at radius 2 is 1.52 bits per heavy atom. The monoisotopic (exact) mass is 445 g/mol. The van der Waals surface area contributed by atoms with E-state index in [0.29, 0.717) is 34.1 Å². The average molecular weight is 445 g/mol. The van der Waals surface area contributed by atoms with Crippen LogP contribution >= 0.6 is 0 Å². The summed E-state index contributed by atoms with van der Waals surface area (Å²) in [4.78, 5) is 27.9. The van der Waals surface area contributed by atoms with Gasteiger partial charge in [-0.2, -0.15) is 0 Å². The Balaban J connectivity index is 1.99. The second kappa shape index (κ2) is 9.08. The predicted molar refractivity (Wildman–Crippen MR) is 124 cm³/mol. The number of anilines is 1. The fraction of sp³-hybridized carbons (Fsp3) is 0.154. The van der Waals surface area contributed by atoms with Crippen LogP contribution in [0.1, 0.15) is 17.2 Å². The largest absolute Gasteiger partial charge is 0.507 e. The van der Waals surface area contributed by atoms with Gasteiger partial charge in [0.15, 0.2) is 0 Å². The number of carbonyl (C=O) groups is 2. The zero-order valence-electron chi connectivity index (χ0n) is 18.4. The number of Topliss-reactive ketones (excluding diaryl/α,β-unsaturated/α-hetero) is 1. The number of nitrogens with zero attached hydrogens (tertiary/aromatic N) is 1. The van der Waals surface area contributed by atoms with E-state index < -0.39 is 17.7 Å². The molecule has 4 rings (SSSR count).